The van der Waals surface area contributed by atoms with Crippen molar-refractivity contribution in [1.82, 2.24) is 0 Å². The molecule has 0 aliphatic heterocycles. The molecule has 0 aromatic heterocycles. The molecule has 1 radical (unpaired) electrons. The molecule has 1 aliphatic rings. The first-order valence-corrected chi connectivity index (χ1v) is 11.1. The fourth-order valence-electron chi connectivity index (χ4n) is 2.78. The van der Waals surface area contributed by atoms with Crippen LogP contribution in [0.15, 0.2) is 12.1 Å². The summed E-state index contributed by atoms with van der Waals surface area (Å²) in [6.07, 6.45) is 2.33. The van der Waals surface area contributed by atoms with Gasteiger partial charge in [-0.1, -0.05) is 0 Å². The van der Waals surface area contributed by atoms with E-state index in [-0.39, 0.29) is 10.8 Å². The van der Waals surface area contributed by atoms with Crippen molar-refractivity contribution in [2.45, 2.75) is 51.4 Å². The van der Waals surface area contributed by atoms with Crippen LogP contribution >= 0.6 is 0 Å². The molecule has 3 heteroatoms. The number of aromatic hydroxyl groups is 1. The average molecular weight is 361 g/mol. The van der Waals surface area contributed by atoms with Gasteiger partial charge in [0.1, 0.15) is 0 Å². The summed E-state index contributed by atoms with van der Waals surface area (Å²) in [5, 5.41) is 10.3. The SMILES string of the molecule is CC1(C)CCC(C)(C)c2c(O)cc([Se][Se])cc21. The van der Waals surface area contributed by atoms with Crippen LogP contribution in [0.5, 0.6) is 5.75 Å². The Labute approximate surface area is 117 Å². The summed E-state index contributed by atoms with van der Waals surface area (Å²) >= 11 is 3.42. The summed E-state index contributed by atoms with van der Waals surface area (Å²) in [7, 11) is 0. The second kappa shape index (κ2) is 4.31. The molecule has 1 N–H and O–H groups in total. The maximum absolute atomic E-state index is 10.3. The summed E-state index contributed by atoms with van der Waals surface area (Å²) in [5.41, 5.74) is 2.80. The van der Waals surface area contributed by atoms with Gasteiger partial charge in [0.05, 0.1) is 0 Å². The zero-order valence-electron chi connectivity index (χ0n) is 10.8. The van der Waals surface area contributed by atoms with Gasteiger partial charge in [-0.3, -0.25) is 0 Å². The van der Waals surface area contributed by atoms with Crippen LogP contribution in [0, 0.1) is 0 Å². The molecule has 17 heavy (non-hydrogen) atoms. The Morgan fingerprint density at radius 1 is 1.12 bits per heavy atom. The molecule has 1 aliphatic carbocycles. The van der Waals surface area contributed by atoms with Gasteiger partial charge in [0.25, 0.3) is 0 Å². The van der Waals surface area contributed by atoms with Crippen molar-refractivity contribution in [2.75, 3.05) is 0 Å². The van der Waals surface area contributed by atoms with E-state index in [1.54, 1.807) is 0 Å². The van der Waals surface area contributed by atoms with E-state index in [1.165, 1.54) is 22.0 Å². The van der Waals surface area contributed by atoms with E-state index in [1.807, 2.05) is 6.07 Å². The van der Waals surface area contributed by atoms with E-state index in [4.69, 9.17) is 0 Å². The first-order chi connectivity index (χ1) is 7.78. The number of rotatable bonds is 1. The third kappa shape index (κ3) is 2.31. The number of hydrogen-bond donors (Lipinski definition) is 1. The molecular weight excluding hydrogens is 342 g/mol. The van der Waals surface area contributed by atoms with Crippen molar-refractivity contribution in [3.63, 3.8) is 0 Å². The predicted octanol–water partition coefficient (Wildman–Crippen LogP) is 2.15. The number of phenolic OH excluding ortho intramolecular Hbond substituents is 1. The van der Waals surface area contributed by atoms with Crippen molar-refractivity contribution in [2.24, 2.45) is 0 Å². The van der Waals surface area contributed by atoms with Crippen molar-refractivity contribution < 1.29 is 5.11 Å². The third-order valence-electron chi connectivity index (χ3n) is 3.97. The summed E-state index contributed by atoms with van der Waals surface area (Å²) < 4.78 is 1.25. The Balaban J connectivity index is 2.71. The van der Waals surface area contributed by atoms with Crippen LogP contribution in [-0.4, -0.2) is 32.4 Å². The molecule has 93 valence electrons. The van der Waals surface area contributed by atoms with Gasteiger partial charge in [-0.2, -0.15) is 0 Å². The van der Waals surface area contributed by atoms with Gasteiger partial charge >= 0.3 is 117 Å². The molecule has 2 rings (SSSR count). The summed E-state index contributed by atoms with van der Waals surface area (Å²) in [5.74, 6) is 0.493. The fraction of sp³-hybridized carbons (Fsp3) is 0.571. The van der Waals surface area contributed by atoms with Crippen LogP contribution in [-0.2, 0) is 10.8 Å². The molecule has 0 heterocycles. The summed E-state index contributed by atoms with van der Waals surface area (Å²) in [4.78, 5) is 0. The quantitative estimate of drug-likeness (QED) is 0.761. The molecule has 0 spiro atoms. The molecule has 0 bridgehead atoms. The molecule has 0 saturated heterocycles. The predicted molar refractivity (Wildman–Crippen MR) is 74.5 cm³/mol. The molecular formula is C14H19OSe2. The summed E-state index contributed by atoms with van der Waals surface area (Å²) in [6.45, 7) is 9.06. The Morgan fingerprint density at radius 3 is 2.29 bits per heavy atom. The number of phenols is 1. The van der Waals surface area contributed by atoms with Gasteiger partial charge in [-0.15, -0.1) is 0 Å². The molecule has 1 aromatic carbocycles. The van der Waals surface area contributed by atoms with Crippen LogP contribution in [0.25, 0.3) is 0 Å². The second-order valence-electron chi connectivity index (χ2n) is 6.22. The molecule has 0 fully saturated rings. The molecule has 1 aromatic rings. The van der Waals surface area contributed by atoms with E-state index in [9.17, 15) is 5.11 Å². The Kier molecular flexibility index (Phi) is 3.42. The Hall–Kier alpha value is 0.0590. The maximum atomic E-state index is 10.3. The van der Waals surface area contributed by atoms with Crippen molar-refractivity contribution >= 4 is 31.8 Å². The van der Waals surface area contributed by atoms with Gasteiger partial charge in [0.2, 0.25) is 0 Å². The van der Waals surface area contributed by atoms with E-state index >= 15 is 0 Å². The topological polar surface area (TPSA) is 20.2 Å². The van der Waals surface area contributed by atoms with E-state index < -0.39 is 0 Å². The third-order valence-corrected chi connectivity index (χ3v) is 6.96. The standard InChI is InChI=1S/C14H19OSe2/c1-13(2)5-6-14(3,4)12-10(13)7-9(17-16)8-11(12)15/h7-8,15H,5-6H2,1-4H3. The molecule has 0 unspecified atom stereocenters. The normalized spacial score (nSPS) is 21.0. The first-order valence-electron chi connectivity index (χ1n) is 5.96. The zero-order valence-corrected chi connectivity index (χ0v) is 14.3. The zero-order chi connectivity index (χ0) is 12.8. The van der Waals surface area contributed by atoms with Crippen LogP contribution in [0.2, 0.25) is 0 Å². The number of hydrogen-bond acceptors (Lipinski definition) is 1. The van der Waals surface area contributed by atoms with Gasteiger partial charge in [-0.25, -0.2) is 0 Å². The van der Waals surface area contributed by atoms with Crippen molar-refractivity contribution in [1.29, 1.82) is 0 Å². The number of benzene rings is 1. The fourth-order valence-corrected chi connectivity index (χ4v) is 4.51. The van der Waals surface area contributed by atoms with Gasteiger partial charge in [0, 0.05) is 0 Å². The average Bonchev–Trinajstić information content (AvgIpc) is 2.23. The Morgan fingerprint density at radius 2 is 1.71 bits per heavy atom. The van der Waals surface area contributed by atoms with E-state index in [0.717, 1.165) is 6.42 Å². The van der Waals surface area contributed by atoms with Crippen LogP contribution in [0.1, 0.15) is 51.7 Å². The molecule has 1 nitrogen and oxygen atoms in total. The minimum atomic E-state index is 0.0952. The van der Waals surface area contributed by atoms with Crippen LogP contribution < -0.4 is 4.46 Å². The van der Waals surface area contributed by atoms with E-state index in [0.29, 0.717) is 18.9 Å². The van der Waals surface area contributed by atoms with Crippen LogP contribution in [0.3, 0.4) is 0 Å². The minimum absolute atomic E-state index is 0.0952. The second-order valence-corrected chi connectivity index (χ2v) is 9.37. The molecule has 0 saturated carbocycles. The van der Waals surface area contributed by atoms with Crippen molar-refractivity contribution in [3.8, 4) is 5.75 Å². The Bertz CT molecular complexity index is 450. The van der Waals surface area contributed by atoms with Gasteiger partial charge in [0.15, 0.2) is 0 Å². The van der Waals surface area contributed by atoms with Crippen molar-refractivity contribution in [3.05, 3.63) is 23.3 Å². The summed E-state index contributed by atoms with van der Waals surface area (Å²) in [6, 6.07) is 4.24. The van der Waals surface area contributed by atoms with E-state index in [2.05, 4.69) is 47.9 Å². The van der Waals surface area contributed by atoms with Gasteiger partial charge in [-0.05, 0) is 0 Å². The first kappa shape index (κ1) is 13.5. The number of fused-ring (bicyclic) bond motifs is 1. The van der Waals surface area contributed by atoms with Gasteiger partial charge < -0.3 is 0 Å². The molecule has 0 atom stereocenters. The monoisotopic (exact) mass is 363 g/mol. The van der Waals surface area contributed by atoms with Crippen LogP contribution in [0.4, 0.5) is 0 Å². The molecule has 0 amide bonds.